The van der Waals surface area contributed by atoms with Crippen LogP contribution in [0.3, 0.4) is 0 Å². The summed E-state index contributed by atoms with van der Waals surface area (Å²) >= 11 is 0. The van der Waals surface area contributed by atoms with E-state index in [0.29, 0.717) is 23.5 Å². The summed E-state index contributed by atoms with van der Waals surface area (Å²) in [6.07, 6.45) is 1.82. The van der Waals surface area contributed by atoms with Crippen LogP contribution in [0.25, 0.3) is 0 Å². The van der Waals surface area contributed by atoms with Gasteiger partial charge in [0.25, 0.3) is 5.91 Å². The van der Waals surface area contributed by atoms with Crippen LogP contribution < -0.4 is 10.6 Å². The van der Waals surface area contributed by atoms with E-state index in [0.717, 1.165) is 18.4 Å². The first-order chi connectivity index (χ1) is 14.5. The average Bonchev–Trinajstić information content (AvgIpc) is 2.77. The molecule has 0 atom stereocenters. The minimum atomic E-state index is -0.185. The van der Waals surface area contributed by atoms with Crippen molar-refractivity contribution >= 4 is 23.3 Å². The molecule has 3 rings (SSSR count). The molecule has 0 aromatic heterocycles. The number of hydrogen-bond acceptors (Lipinski definition) is 2. The highest BCUT2D eigenvalue weighted by Crippen LogP contribution is 2.21. The molecule has 5 heteroatoms. The zero-order valence-corrected chi connectivity index (χ0v) is 17.4. The second-order valence-electron chi connectivity index (χ2n) is 7.29. The molecule has 0 saturated heterocycles. The van der Waals surface area contributed by atoms with Gasteiger partial charge in [0.2, 0.25) is 0 Å². The zero-order chi connectivity index (χ0) is 21.3. The second kappa shape index (κ2) is 10.3. The van der Waals surface area contributed by atoms with E-state index >= 15 is 0 Å². The van der Waals surface area contributed by atoms with Crippen molar-refractivity contribution in [1.29, 1.82) is 0 Å². The highest BCUT2D eigenvalue weighted by molar-refractivity contribution is 6.04. The first-order valence-corrected chi connectivity index (χ1v) is 10.1. The maximum atomic E-state index is 12.6. The third-order valence-corrected chi connectivity index (χ3v) is 4.92. The van der Waals surface area contributed by atoms with Gasteiger partial charge in [0.05, 0.1) is 0 Å². The Kier molecular flexibility index (Phi) is 7.22. The van der Waals surface area contributed by atoms with Crippen LogP contribution in [0.1, 0.15) is 27.9 Å². The Morgan fingerprint density at radius 3 is 2.23 bits per heavy atom. The zero-order valence-electron chi connectivity index (χ0n) is 17.4. The summed E-state index contributed by atoms with van der Waals surface area (Å²) in [4.78, 5) is 26.6. The fourth-order valence-corrected chi connectivity index (χ4v) is 3.10. The summed E-state index contributed by atoms with van der Waals surface area (Å²) in [6.45, 7) is 2.58. The van der Waals surface area contributed by atoms with Crippen molar-refractivity contribution in [2.45, 2.75) is 19.8 Å². The maximum absolute atomic E-state index is 12.6. The van der Waals surface area contributed by atoms with Crippen molar-refractivity contribution in [3.05, 3.63) is 95.6 Å². The molecule has 3 aromatic rings. The van der Waals surface area contributed by atoms with E-state index < -0.39 is 0 Å². The molecule has 2 N–H and O–H groups in total. The van der Waals surface area contributed by atoms with Crippen LogP contribution in [0.5, 0.6) is 0 Å². The van der Waals surface area contributed by atoms with Crippen LogP contribution in [-0.2, 0) is 6.42 Å². The predicted molar refractivity (Wildman–Crippen MR) is 122 cm³/mol. The van der Waals surface area contributed by atoms with Crippen LogP contribution >= 0.6 is 0 Å². The van der Waals surface area contributed by atoms with Crippen LogP contribution in [-0.4, -0.2) is 30.4 Å². The monoisotopic (exact) mass is 401 g/mol. The molecule has 3 amide bonds. The summed E-state index contributed by atoms with van der Waals surface area (Å²) in [5.41, 5.74) is 4.10. The Morgan fingerprint density at radius 1 is 0.867 bits per heavy atom. The molecule has 0 bridgehead atoms. The van der Waals surface area contributed by atoms with E-state index in [4.69, 9.17) is 0 Å². The van der Waals surface area contributed by atoms with Crippen LogP contribution in [0.15, 0.2) is 78.9 Å². The van der Waals surface area contributed by atoms with Crippen LogP contribution in [0.2, 0.25) is 0 Å². The number of rotatable bonds is 7. The van der Waals surface area contributed by atoms with Gasteiger partial charge < -0.3 is 15.5 Å². The molecule has 0 aliphatic carbocycles. The number of carbonyl (C=O) groups excluding carboxylic acids is 2. The van der Waals surface area contributed by atoms with E-state index in [1.165, 1.54) is 5.56 Å². The lowest BCUT2D eigenvalue weighted by atomic mass is 10.1. The van der Waals surface area contributed by atoms with E-state index in [9.17, 15) is 9.59 Å². The quantitative estimate of drug-likeness (QED) is 0.561. The molecule has 3 aromatic carbocycles. The van der Waals surface area contributed by atoms with Gasteiger partial charge in [-0.05, 0) is 55.2 Å². The number of anilines is 2. The first kappa shape index (κ1) is 21.1. The van der Waals surface area contributed by atoms with Crippen molar-refractivity contribution in [2.24, 2.45) is 0 Å². The minimum absolute atomic E-state index is 0.169. The molecule has 0 spiro atoms. The number of nitrogens with one attached hydrogen (secondary N) is 2. The Balaban J connectivity index is 1.56. The topological polar surface area (TPSA) is 61.4 Å². The molecule has 0 aliphatic heterocycles. The summed E-state index contributed by atoms with van der Waals surface area (Å²) in [6, 6.07) is 24.6. The summed E-state index contributed by atoms with van der Waals surface area (Å²) in [7, 11) is 1.79. The van der Waals surface area contributed by atoms with Crippen molar-refractivity contribution in [1.82, 2.24) is 4.90 Å². The molecule has 0 aliphatic rings. The average molecular weight is 402 g/mol. The lowest BCUT2D eigenvalue weighted by Crippen LogP contribution is -2.32. The molecule has 0 unspecified atom stereocenters. The lowest BCUT2D eigenvalue weighted by molar-refractivity contribution is 0.102. The number of urea groups is 1. The SMILES string of the molecule is Cc1ccc(NC(=O)c2ccccc2)cc1NC(=O)N(C)CCCc1ccccc1. The number of hydrogen-bond donors (Lipinski definition) is 2. The predicted octanol–water partition coefficient (Wildman–Crippen LogP) is 5.34. The molecular weight excluding hydrogens is 374 g/mol. The second-order valence-corrected chi connectivity index (χ2v) is 7.29. The van der Waals surface area contributed by atoms with Gasteiger partial charge in [-0.1, -0.05) is 54.6 Å². The Bertz CT molecular complexity index is 988. The van der Waals surface area contributed by atoms with Crippen LogP contribution in [0.4, 0.5) is 16.2 Å². The van der Waals surface area contributed by atoms with Gasteiger partial charge in [-0.2, -0.15) is 0 Å². The molecule has 0 saturated carbocycles. The maximum Gasteiger partial charge on any atom is 0.321 e. The summed E-state index contributed by atoms with van der Waals surface area (Å²) < 4.78 is 0. The smallest absolute Gasteiger partial charge is 0.321 e. The van der Waals surface area contributed by atoms with Crippen LogP contribution in [0, 0.1) is 6.92 Å². The number of carbonyl (C=O) groups is 2. The van der Waals surface area contributed by atoms with Gasteiger partial charge in [0, 0.05) is 30.5 Å². The largest absolute Gasteiger partial charge is 0.328 e. The molecule has 154 valence electrons. The van der Waals surface area contributed by atoms with E-state index in [1.807, 2.05) is 55.5 Å². The van der Waals surface area contributed by atoms with Gasteiger partial charge in [-0.25, -0.2) is 4.79 Å². The summed E-state index contributed by atoms with van der Waals surface area (Å²) in [5.74, 6) is -0.185. The Hall–Kier alpha value is -3.60. The number of amides is 3. The fourth-order valence-electron chi connectivity index (χ4n) is 3.10. The number of aryl methyl sites for hydroxylation is 2. The van der Waals surface area contributed by atoms with Crippen molar-refractivity contribution in [3.8, 4) is 0 Å². The van der Waals surface area contributed by atoms with Gasteiger partial charge in [0.15, 0.2) is 0 Å². The lowest BCUT2D eigenvalue weighted by Gasteiger charge is -2.19. The number of nitrogens with zero attached hydrogens (tertiary/aromatic N) is 1. The molecule has 0 heterocycles. The molecule has 5 nitrogen and oxygen atoms in total. The van der Waals surface area contributed by atoms with Gasteiger partial charge in [-0.3, -0.25) is 4.79 Å². The number of benzene rings is 3. The third-order valence-electron chi connectivity index (χ3n) is 4.92. The van der Waals surface area contributed by atoms with Crippen molar-refractivity contribution < 1.29 is 9.59 Å². The molecule has 0 fully saturated rings. The molecular formula is C25H27N3O2. The molecule has 30 heavy (non-hydrogen) atoms. The van der Waals surface area contributed by atoms with E-state index in [1.54, 1.807) is 30.1 Å². The van der Waals surface area contributed by atoms with Gasteiger partial charge in [0.1, 0.15) is 0 Å². The highest BCUT2D eigenvalue weighted by atomic mass is 16.2. The Labute approximate surface area is 177 Å². The van der Waals surface area contributed by atoms with Gasteiger partial charge in [-0.15, -0.1) is 0 Å². The first-order valence-electron chi connectivity index (χ1n) is 10.1. The standard InChI is InChI=1S/C25H27N3O2/c1-19-15-16-22(26-24(29)21-13-7-4-8-14-21)18-23(19)27-25(30)28(2)17-9-12-20-10-5-3-6-11-20/h3-8,10-11,13-16,18H,9,12,17H2,1-2H3,(H,26,29)(H,27,30). The normalized spacial score (nSPS) is 10.3. The third kappa shape index (κ3) is 5.95. The summed E-state index contributed by atoms with van der Waals surface area (Å²) in [5, 5.41) is 5.82. The van der Waals surface area contributed by atoms with Crippen molar-refractivity contribution in [2.75, 3.05) is 24.2 Å². The van der Waals surface area contributed by atoms with E-state index in [-0.39, 0.29) is 11.9 Å². The van der Waals surface area contributed by atoms with E-state index in [2.05, 4.69) is 22.8 Å². The Morgan fingerprint density at radius 2 is 1.53 bits per heavy atom. The minimum Gasteiger partial charge on any atom is -0.328 e. The molecule has 0 radical (unpaired) electrons. The van der Waals surface area contributed by atoms with Gasteiger partial charge >= 0.3 is 6.03 Å². The fraction of sp³-hybridized carbons (Fsp3) is 0.200. The van der Waals surface area contributed by atoms with Crippen molar-refractivity contribution in [3.63, 3.8) is 0 Å². The highest BCUT2D eigenvalue weighted by Gasteiger charge is 2.12.